The van der Waals surface area contributed by atoms with E-state index in [0.717, 1.165) is 13.0 Å². The van der Waals surface area contributed by atoms with Gasteiger partial charge in [0.1, 0.15) is 0 Å². The quantitative estimate of drug-likeness (QED) is 0.164. The van der Waals surface area contributed by atoms with Crippen LogP contribution < -0.4 is 11.1 Å². The van der Waals surface area contributed by atoms with E-state index < -0.39 is 16.1 Å². The molecule has 0 bridgehead atoms. The Morgan fingerprint density at radius 1 is 0.759 bits per heavy atom. The second-order valence-corrected chi connectivity index (χ2v) is 9.16. The van der Waals surface area contributed by atoms with Gasteiger partial charge in [-0.25, -0.2) is 0 Å². The third kappa shape index (κ3) is 35.1. The first-order chi connectivity index (χ1) is 13.8. The second kappa shape index (κ2) is 23.6. The molecule has 0 rings (SSSR count). The average Bonchev–Trinajstić information content (AvgIpc) is 2.66. The van der Waals surface area contributed by atoms with Crippen LogP contribution in [0.25, 0.3) is 0 Å². The molecule has 0 spiro atoms. The van der Waals surface area contributed by atoms with E-state index in [1.807, 2.05) is 0 Å². The molecule has 176 valence electrons. The van der Waals surface area contributed by atoms with E-state index in [1.54, 1.807) is 0 Å². The topological polar surface area (TPSA) is 130 Å². The van der Waals surface area contributed by atoms with E-state index >= 15 is 0 Å². The molecular formula is C21H46N2O5S. The molecule has 0 radical (unpaired) electrons. The number of carboxylic acid groups (broad SMARTS) is 1. The van der Waals surface area contributed by atoms with Gasteiger partial charge in [0, 0.05) is 0 Å². The molecule has 0 aliphatic heterocycles. The summed E-state index contributed by atoms with van der Waals surface area (Å²) in [5.41, 5.74) is 4.57. The zero-order valence-corrected chi connectivity index (χ0v) is 19.4. The fourth-order valence-corrected chi connectivity index (χ4v) is 3.46. The summed E-state index contributed by atoms with van der Waals surface area (Å²) in [5, 5.41) is 10.8. The highest BCUT2D eigenvalue weighted by Gasteiger charge is 2.02. The summed E-state index contributed by atoms with van der Waals surface area (Å²) >= 11 is 0. The minimum Gasteiger partial charge on any atom is -0.480 e. The normalized spacial score (nSPS) is 11.1. The molecule has 0 fully saturated rings. The highest BCUT2D eigenvalue weighted by atomic mass is 32.2. The van der Waals surface area contributed by atoms with Gasteiger partial charge in [0.05, 0.1) is 12.3 Å². The summed E-state index contributed by atoms with van der Waals surface area (Å²) in [6.45, 7) is 3.60. The Balaban J connectivity index is 0. The number of nitrogens with two attached hydrogens (primary N) is 1. The fraction of sp³-hybridized carbons (Fsp3) is 0.952. The molecule has 0 saturated heterocycles. The third-order valence-corrected chi connectivity index (χ3v) is 5.44. The van der Waals surface area contributed by atoms with Crippen LogP contribution in [0.2, 0.25) is 0 Å². The van der Waals surface area contributed by atoms with Gasteiger partial charge in [-0.05, 0) is 25.9 Å². The predicted octanol–water partition coefficient (Wildman–Crippen LogP) is 4.36. The number of carbonyl (C=O) groups is 1. The maximum absolute atomic E-state index is 10.5. The molecule has 7 nitrogen and oxygen atoms in total. The van der Waals surface area contributed by atoms with Crippen LogP contribution >= 0.6 is 0 Å². The molecule has 0 amide bonds. The Hall–Kier alpha value is -0.700. The lowest BCUT2D eigenvalue weighted by atomic mass is 10.0. The molecule has 0 unspecified atom stereocenters. The SMILES string of the molecule is CCCCCCCCCCCCCCCCNCCCS(=O)(=O)O.NCC(=O)O. The standard InChI is InChI=1S/C19H41NO3S.C2H5NO2/c1-2-3-4-5-6-7-8-9-10-11-12-13-14-15-17-20-18-16-19-24(21,22)23;3-1-2(4)5/h20H,2-19H2,1H3,(H,21,22,23);1,3H2,(H,4,5). The lowest BCUT2D eigenvalue weighted by molar-refractivity contribution is -0.135. The summed E-state index contributed by atoms with van der Waals surface area (Å²) in [4.78, 5) is 9.24. The molecule has 0 heterocycles. The molecule has 0 atom stereocenters. The van der Waals surface area contributed by atoms with Crippen molar-refractivity contribution in [3.8, 4) is 0 Å². The maximum atomic E-state index is 10.5. The number of hydrogen-bond acceptors (Lipinski definition) is 5. The Labute approximate surface area is 179 Å². The van der Waals surface area contributed by atoms with Crippen molar-refractivity contribution in [2.75, 3.05) is 25.4 Å². The summed E-state index contributed by atoms with van der Waals surface area (Å²) < 4.78 is 29.7. The molecule has 0 aromatic rings. The van der Waals surface area contributed by atoms with E-state index in [-0.39, 0.29) is 12.3 Å². The minimum absolute atomic E-state index is 0.140. The van der Waals surface area contributed by atoms with Crippen molar-refractivity contribution in [1.82, 2.24) is 5.32 Å². The zero-order chi connectivity index (χ0) is 22.2. The number of aliphatic carboxylic acids is 1. The van der Waals surface area contributed by atoms with Gasteiger partial charge in [-0.3, -0.25) is 9.35 Å². The molecule has 0 aliphatic rings. The average molecular weight is 439 g/mol. The Morgan fingerprint density at radius 2 is 1.10 bits per heavy atom. The molecule has 29 heavy (non-hydrogen) atoms. The van der Waals surface area contributed by atoms with Crippen LogP contribution in [0, 0.1) is 0 Å². The van der Waals surface area contributed by atoms with Crippen molar-refractivity contribution in [1.29, 1.82) is 0 Å². The zero-order valence-electron chi connectivity index (χ0n) is 18.5. The predicted molar refractivity (Wildman–Crippen MR) is 121 cm³/mol. The number of carboxylic acids is 1. The van der Waals surface area contributed by atoms with Crippen LogP contribution in [0.4, 0.5) is 0 Å². The molecule has 0 aromatic carbocycles. The summed E-state index contributed by atoms with van der Waals surface area (Å²) in [5.74, 6) is -1.11. The van der Waals surface area contributed by atoms with Gasteiger partial charge < -0.3 is 16.2 Å². The van der Waals surface area contributed by atoms with Gasteiger partial charge in [0.15, 0.2) is 0 Å². The van der Waals surface area contributed by atoms with E-state index in [4.69, 9.17) is 9.66 Å². The minimum atomic E-state index is -3.79. The smallest absolute Gasteiger partial charge is 0.317 e. The summed E-state index contributed by atoms with van der Waals surface area (Å²) in [6, 6.07) is 0. The Kier molecular flexibility index (Phi) is 24.8. The monoisotopic (exact) mass is 438 g/mol. The maximum Gasteiger partial charge on any atom is 0.317 e. The Bertz CT molecular complexity index is 444. The lowest BCUT2D eigenvalue weighted by Crippen LogP contribution is -2.19. The van der Waals surface area contributed by atoms with Gasteiger partial charge >= 0.3 is 5.97 Å². The molecule has 0 aliphatic carbocycles. The van der Waals surface area contributed by atoms with Gasteiger partial charge in [-0.1, -0.05) is 90.4 Å². The van der Waals surface area contributed by atoms with Crippen molar-refractivity contribution in [2.45, 2.75) is 103 Å². The number of unbranched alkanes of at least 4 members (excludes halogenated alkanes) is 13. The van der Waals surface area contributed by atoms with Gasteiger partial charge in [0.2, 0.25) is 0 Å². The van der Waals surface area contributed by atoms with Crippen molar-refractivity contribution >= 4 is 16.1 Å². The number of nitrogens with one attached hydrogen (secondary N) is 1. The van der Waals surface area contributed by atoms with Crippen LogP contribution in [-0.2, 0) is 14.9 Å². The first kappa shape index (κ1) is 30.5. The van der Waals surface area contributed by atoms with E-state index in [2.05, 4.69) is 18.0 Å². The lowest BCUT2D eigenvalue weighted by Gasteiger charge is -2.05. The molecule has 0 saturated carbocycles. The molecule has 5 N–H and O–H groups in total. The molecule has 8 heteroatoms. The Morgan fingerprint density at radius 3 is 1.45 bits per heavy atom. The van der Waals surface area contributed by atoms with Gasteiger partial charge in [0.25, 0.3) is 10.1 Å². The number of hydrogen-bond donors (Lipinski definition) is 4. The fourth-order valence-electron chi connectivity index (χ4n) is 2.95. The second-order valence-electron chi connectivity index (χ2n) is 7.58. The molecular weight excluding hydrogens is 392 g/mol. The number of rotatable bonds is 20. The van der Waals surface area contributed by atoms with Gasteiger partial charge in [-0.2, -0.15) is 8.42 Å². The van der Waals surface area contributed by atoms with Crippen LogP contribution in [0.1, 0.15) is 103 Å². The first-order valence-electron chi connectivity index (χ1n) is 11.4. The van der Waals surface area contributed by atoms with Crippen LogP contribution in [-0.4, -0.2) is 49.4 Å². The van der Waals surface area contributed by atoms with Crippen LogP contribution in [0.5, 0.6) is 0 Å². The van der Waals surface area contributed by atoms with Crippen LogP contribution in [0.15, 0.2) is 0 Å². The first-order valence-corrected chi connectivity index (χ1v) is 13.0. The van der Waals surface area contributed by atoms with E-state index in [1.165, 1.54) is 83.5 Å². The third-order valence-electron chi connectivity index (χ3n) is 4.64. The molecule has 0 aromatic heterocycles. The highest BCUT2D eigenvalue weighted by molar-refractivity contribution is 7.85. The van der Waals surface area contributed by atoms with Crippen molar-refractivity contribution in [3.05, 3.63) is 0 Å². The van der Waals surface area contributed by atoms with Crippen molar-refractivity contribution < 1.29 is 22.9 Å². The highest BCUT2D eigenvalue weighted by Crippen LogP contribution is 2.12. The summed E-state index contributed by atoms with van der Waals surface area (Å²) in [7, 11) is -3.79. The van der Waals surface area contributed by atoms with Crippen molar-refractivity contribution in [2.24, 2.45) is 5.73 Å². The summed E-state index contributed by atoms with van der Waals surface area (Å²) in [6.07, 6.45) is 19.6. The van der Waals surface area contributed by atoms with Crippen LogP contribution in [0.3, 0.4) is 0 Å². The van der Waals surface area contributed by atoms with Gasteiger partial charge in [-0.15, -0.1) is 0 Å². The largest absolute Gasteiger partial charge is 0.480 e. The van der Waals surface area contributed by atoms with E-state index in [0.29, 0.717) is 13.0 Å². The van der Waals surface area contributed by atoms with Crippen molar-refractivity contribution in [3.63, 3.8) is 0 Å². The van der Waals surface area contributed by atoms with E-state index in [9.17, 15) is 13.2 Å².